The Morgan fingerprint density at radius 1 is 1.50 bits per heavy atom. The Balaban J connectivity index is 2.43. The number of carbonyl (C=O) groups excluding carboxylic acids is 1. The van der Waals surface area contributed by atoms with Gasteiger partial charge in [-0.3, -0.25) is 4.79 Å². The topological polar surface area (TPSA) is 88.2 Å². The van der Waals surface area contributed by atoms with Crippen LogP contribution >= 0.6 is 11.8 Å². The molecule has 0 radical (unpaired) electrons. The van der Waals surface area contributed by atoms with Crippen LogP contribution in [-0.4, -0.2) is 59.2 Å². The maximum absolute atomic E-state index is 12.1. The molecule has 0 saturated carbocycles. The first-order chi connectivity index (χ1) is 9.59. The molecule has 1 amide bonds. The summed E-state index contributed by atoms with van der Waals surface area (Å²) in [5, 5.41) is 12.0. The lowest BCUT2D eigenvalue weighted by Gasteiger charge is -2.39. The number of thioether (sulfide) groups is 1. The number of piperidine rings is 1. The molecule has 0 spiro atoms. The molecule has 1 heterocycles. The van der Waals surface area contributed by atoms with E-state index in [-0.39, 0.29) is 16.5 Å². The molecule has 1 saturated heterocycles. The van der Waals surface area contributed by atoms with E-state index in [1.807, 2.05) is 18.1 Å². The largest absolute Gasteiger partial charge is 0.409 e. The van der Waals surface area contributed by atoms with Crippen molar-refractivity contribution in [2.45, 2.75) is 37.4 Å². The SMILES string of the molecule is CCOCCCC(=O)N1CCC(SC)(C(N)=NO)CC1. The van der Waals surface area contributed by atoms with Crippen LogP contribution < -0.4 is 5.73 Å². The molecule has 0 aromatic heterocycles. The van der Waals surface area contributed by atoms with Crippen molar-refractivity contribution in [3.8, 4) is 0 Å². The molecular formula is C13H25N3O3S. The van der Waals surface area contributed by atoms with Gasteiger partial charge in [-0.05, 0) is 32.4 Å². The summed E-state index contributed by atoms with van der Waals surface area (Å²) >= 11 is 1.59. The Kier molecular flexibility index (Phi) is 7.15. The highest BCUT2D eigenvalue weighted by molar-refractivity contribution is 8.00. The number of ether oxygens (including phenoxy) is 1. The van der Waals surface area contributed by atoms with Crippen LogP contribution in [-0.2, 0) is 9.53 Å². The average molecular weight is 303 g/mol. The minimum Gasteiger partial charge on any atom is -0.409 e. The van der Waals surface area contributed by atoms with Gasteiger partial charge < -0.3 is 20.6 Å². The molecule has 6 nitrogen and oxygen atoms in total. The zero-order valence-electron chi connectivity index (χ0n) is 12.3. The van der Waals surface area contributed by atoms with Crippen LogP contribution in [0.15, 0.2) is 5.16 Å². The maximum atomic E-state index is 12.1. The number of amides is 1. The molecule has 0 aromatic carbocycles. The van der Waals surface area contributed by atoms with Gasteiger partial charge in [0.2, 0.25) is 5.91 Å². The highest BCUT2D eigenvalue weighted by atomic mass is 32.2. The zero-order valence-corrected chi connectivity index (χ0v) is 13.1. The van der Waals surface area contributed by atoms with Gasteiger partial charge in [-0.25, -0.2) is 0 Å². The number of carbonyl (C=O) groups is 1. The van der Waals surface area contributed by atoms with E-state index in [4.69, 9.17) is 15.7 Å². The van der Waals surface area contributed by atoms with Crippen molar-refractivity contribution in [3.05, 3.63) is 0 Å². The Labute approximate surface area is 124 Å². The predicted octanol–water partition coefficient (Wildman–Crippen LogP) is 1.27. The minimum absolute atomic E-state index is 0.166. The van der Waals surface area contributed by atoms with Gasteiger partial charge in [0, 0.05) is 32.7 Å². The number of amidine groups is 1. The Morgan fingerprint density at radius 2 is 2.15 bits per heavy atom. The van der Waals surface area contributed by atoms with Gasteiger partial charge in [0.05, 0.1) is 4.75 Å². The number of hydrogen-bond acceptors (Lipinski definition) is 5. The lowest BCUT2D eigenvalue weighted by Crippen LogP contribution is -2.51. The molecule has 0 aliphatic carbocycles. The van der Waals surface area contributed by atoms with Crippen molar-refractivity contribution in [1.82, 2.24) is 4.90 Å². The normalized spacial score (nSPS) is 19.1. The van der Waals surface area contributed by atoms with E-state index < -0.39 is 0 Å². The summed E-state index contributed by atoms with van der Waals surface area (Å²) in [5.74, 6) is 0.423. The van der Waals surface area contributed by atoms with Crippen molar-refractivity contribution in [2.24, 2.45) is 10.9 Å². The Hall–Kier alpha value is -0.950. The van der Waals surface area contributed by atoms with Crippen LogP contribution in [0.2, 0.25) is 0 Å². The van der Waals surface area contributed by atoms with Crippen LogP contribution in [0.1, 0.15) is 32.6 Å². The van der Waals surface area contributed by atoms with E-state index >= 15 is 0 Å². The molecule has 0 atom stereocenters. The molecule has 0 unspecified atom stereocenters. The summed E-state index contributed by atoms with van der Waals surface area (Å²) < 4.78 is 4.90. The summed E-state index contributed by atoms with van der Waals surface area (Å²) in [6.45, 7) is 4.58. The van der Waals surface area contributed by atoms with Gasteiger partial charge in [-0.1, -0.05) is 5.16 Å². The molecule has 20 heavy (non-hydrogen) atoms. The first-order valence-electron chi connectivity index (χ1n) is 6.98. The summed E-state index contributed by atoms with van der Waals surface area (Å²) in [6.07, 6.45) is 4.69. The first-order valence-corrected chi connectivity index (χ1v) is 8.20. The summed E-state index contributed by atoms with van der Waals surface area (Å²) in [4.78, 5) is 13.9. The smallest absolute Gasteiger partial charge is 0.222 e. The minimum atomic E-state index is -0.336. The molecule has 0 aromatic rings. The van der Waals surface area contributed by atoms with Crippen LogP contribution in [0.5, 0.6) is 0 Å². The number of nitrogens with two attached hydrogens (primary N) is 1. The van der Waals surface area contributed by atoms with Crippen LogP contribution in [0, 0.1) is 0 Å². The predicted molar refractivity (Wildman–Crippen MR) is 81.2 cm³/mol. The third-order valence-corrected chi connectivity index (χ3v) is 5.17. The first kappa shape index (κ1) is 17.1. The molecule has 0 bridgehead atoms. The van der Waals surface area contributed by atoms with Crippen molar-refractivity contribution >= 4 is 23.5 Å². The second-order valence-electron chi connectivity index (χ2n) is 4.86. The van der Waals surface area contributed by atoms with E-state index in [1.54, 1.807) is 11.8 Å². The molecule has 1 rings (SSSR count). The quantitative estimate of drug-likeness (QED) is 0.243. The van der Waals surface area contributed by atoms with Crippen molar-refractivity contribution in [2.75, 3.05) is 32.6 Å². The standard InChI is InChI=1S/C13H25N3O3S/c1-3-19-10-4-5-11(17)16-8-6-13(20-2,7-9-16)12(14)15-18/h18H,3-10H2,1-2H3,(H2,14,15). The lowest BCUT2D eigenvalue weighted by molar-refractivity contribution is -0.132. The van der Waals surface area contributed by atoms with Crippen molar-refractivity contribution in [1.29, 1.82) is 0 Å². The number of hydrogen-bond donors (Lipinski definition) is 2. The van der Waals surface area contributed by atoms with Crippen molar-refractivity contribution in [3.63, 3.8) is 0 Å². The number of likely N-dealkylation sites (tertiary alicyclic amines) is 1. The van der Waals surface area contributed by atoms with Gasteiger partial charge in [0.1, 0.15) is 0 Å². The number of rotatable bonds is 7. The Morgan fingerprint density at radius 3 is 2.65 bits per heavy atom. The number of oxime groups is 1. The van der Waals surface area contributed by atoms with Gasteiger partial charge in [0.25, 0.3) is 0 Å². The molecule has 1 fully saturated rings. The summed E-state index contributed by atoms with van der Waals surface area (Å²) in [5.41, 5.74) is 5.79. The molecule has 1 aliphatic rings. The lowest BCUT2D eigenvalue weighted by atomic mass is 9.94. The zero-order chi connectivity index (χ0) is 15.0. The van der Waals surface area contributed by atoms with Gasteiger partial charge in [-0.15, -0.1) is 0 Å². The van der Waals surface area contributed by atoms with E-state index in [0.29, 0.717) is 32.7 Å². The van der Waals surface area contributed by atoms with E-state index in [1.165, 1.54) is 0 Å². The second-order valence-corrected chi connectivity index (χ2v) is 6.05. The van der Waals surface area contributed by atoms with Gasteiger partial charge in [0.15, 0.2) is 5.84 Å². The molecular weight excluding hydrogens is 278 g/mol. The van der Waals surface area contributed by atoms with E-state index in [2.05, 4.69) is 5.16 Å². The van der Waals surface area contributed by atoms with E-state index in [0.717, 1.165) is 19.3 Å². The van der Waals surface area contributed by atoms with Crippen LogP contribution in [0.3, 0.4) is 0 Å². The maximum Gasteiger partial charge on any atom is 0.222 e. The molecule has 3 N–H and O–H groups in total. The fourth-order valence-electron chi connectivity index (χ4n) is 2.40. The summed E-state index contributed by atoms with van der Waals surface area (Å²) in [7, 11) is 0. The fourth-order valence-corrected chi connectivity index (χ4v) is 3.24. The highest BCUT2D eigenvalue weighted by Gasteiger charge is 2.39. The van der Waals surface area contributed by atoms with Crippen LogP contribution in [0.4, 0.5) is 0 Å². The third kappa shape index (κ3) is 4.28. The fraction of sp³-hybridized carbons (Fsp3) is 0.846. The average Bonchev–Trinajstić information content (AvgIpc) is 2.50. The van der Waals surface area contributed by atoms with Gasteiger partial charge >= 0.3 is 0 Å². The van der Waals surface area contributed by atoms with E-state index in [9.17, 15) is 4.79 Å². The molecule has 7 heteroatoms. The van der Waals surface area contributed by atoms with Gasteiger partial charge in [-0.2, -0.15) is 11.8 Å². The monoisotopic (exact) mass is 303 g/mol. The summed E-state index contributed by atoms with van der Waals surface area (Å²) in [6, 6.07) is 0. The Bertz CT molecular complexity index is 342. The molecule has 1 aliphatic heterocycles. The second kappa shape index (κ2) is 8.36. The highest BCUT2D eigenvalue weighted by Crippen LogP contribution is 2.34. The molecule has 116 valence electrons. The van der Waals surface area contributed by atoms with Crippen molar-refractivity contribution < 1.29 is 14.7 Å². The third-order valence-electron chi connectivity index (χ3n) is 3.77. The number of nitrogens with zero attached hydrogens (tertiary/aromatic N) is 2. The van der Waals surface area contributed by atoms with Crippen LogP contribution in [0.25, 0.3) is 0 Å².